The highest BCUT2D eigenvalue weighted by molar-refractivity contribution is 8.13. The Labute approximate surface area is 134 Å². The average Bonchev–Trinajstić information content (AvgIpc) is 2.86. The first-order valence-corrected chi connectivity index (χ1v) is 8.89. The van der Waals surface area contributed by atoms with Crippen LogP contribution in [0.25, 0.3) is 0 Å². The normalized spacial score (nSPS) is 19.2. The van der Waals surface area contributed by atoms with E-state index >= 15 is 0 Å². The van der Waals surface area contributed by atoms with Gasteiger partial charge in [0.05, 0.1) is 4.90 Å². The molecule has 4 nitrogen and oxygen atoms in total. The predicted octanol–water partition coefficient (Wildman–Crippen LogP) is 2.71. The second-order valence-electron chi connectivity index (χ2n) is 5.26. The number of hydrogen-bond acceptors (Lipinski definition) is 3. The van der Waals surface area contributed by atoms with Crippen molar-refractivity contribution in [1.82, 2.24) is 4.90 Å². The zero-order valence-electron chi connectivity index (χ0n) is 11.6. The SMILES string of the molecule is O=C(N1CC[C@@H](Cc2c(F)cccc2S(=O)(=O)Cl)C1)C(F)(F)F. The van der Waals surface area contributed by atoms with Gasteiger partial charge in [-0.05, 0) is 30.9 Å². The third-order valence-corrected chi connectivity index (χ3v) is 5.05. The Morgan fingerprint density at radius 2 is 2.00 bits per heavy atom. The van der Waals surface area contributed by atoms with Crippen LogP contribution in [0, 0.1) is 11.7 Å². The molecule has 23 heavy (non-hydrogen) atoms. The molecule has 1 aliphatic rings. The Hall–Kier alpha value is -1.35. The molecule has 2 rings (SSSR count). The molecule has 0 aromatic heterocycles. The third kappa shape index (κ3) is 4.14. The molecule has 0 spiro atoms. The van der Waals surface area contributed by atoms with Crippen molar-refractivity contribution in [3.63, 3.8) is 0 Å². The summed E-state index contributed by atoms with van der Waals surface area (Å²) in [6.45, 7) is -0.325. The van der Waals surface area contributed by atoms with Gasteiger partial charge < -0.3 is 4.90 Å². The van der Waals surface area contributed by atoms with E-state index in [1.54, 1.807) is 0 Å². The lowest BCUT2D eigenvalue weighted by Crippen LogP contribution is -2.39. The monoisotopic (exact) mass is 373 g/mol. The maximum absolute atomic E-state index is 13.9. The van der Waals surface area contributed by atoms with E-state index in [4.69, 9.17) is 10.7 Å². The fraction of sp³-hybridized carbons (Fsp3) is 0.462. The van der Waals surface area contributed by atoms with Gasteiger partial charge in [0.15, 0.2) is 0 Å². The van der Waals surface area contributed by atoms with E-state index in [1.165, 1.54) is 6.07 Å². The van der Waals surface area contributed by atoms with Gasteiger partial charge in [0, 0.05) is 29.3 Å². The first kappa shape index (κ1) is 18.0. The zero-order valence-corrected chi connectivity index (χ0v) is 13.2. The second-order valence-corrected chi connectivity index (χ2v) is 7.80. The lowest BCUT2D eigenvalue weighted by Gasteiger charge is -2.18. The first-order chi connectivity index (χ1) is 10.5. The fourth-order valence-corrected chi connectivity index (χ4v) is 3.77. The van der Waals surface area contributed by atoms with Crippen molar-refractivity contribution in [2.45, 2.75) is 23.9 Å². The lowest BCUT2D eigenvalue weighted by molar-refractivity contribution is -0.184. The molecule has 0 bridgehead atoms. The number of alkyl halides is 3. The van der Waals surface area contributed by atoms with Gasteiger partial charge in [-0.15, -0.1) is 0 Å². The van der Waals surface area contributed by atoms with Crippen molar-refractivity contribution in [2.75, 3.05) is 13.1 Å². The summed E-state index contributed by atoms with van der Waals surface area (Å²) in [7, 11) is 1.07. The van der Waals surface area contributed by atoms with E-state index in [2.05, 4.69) is 0 Å². The Bertz CT molecular complexity index is 720. The van der Waals surface area contributed by atoms with Crippen LogP contribution in [0.4, 0.5) is 17.6 Å². The standard InChI is InChI=1S/C13H12ClF4NO3S/c14-23(21,22)11-3-1-2-10(15)9(11)6-8-4-5-19(7-8)12(20)13(16,17)18/h1-3,8H,4-7H2/t8-/m0/s1. The Morgan fingerprint density at radius 3 is 2.57 bits per heavy atom. The highest BCUT2D eigenvalue weighted by Crippen LogP contribution is 2.30. The molecule has 1 heterocycles. The minimum absolute atomic E-state index is 0.111. The molecule has 0 aliphatic carbocycles. The number of amides is 1. The summed E-state index contributed by atoms with van der Waals surface area (Å²) in [5, 5.41) is 0. The Balaban J connectivity index is 2.18. The summed E-state index contributed by atoms with van der Waals surface area (Å²) in [6.07, 6.45) is -4.86. The van der Waals surface area contributed by atoms with Crippen molar-refractivity contribution in [3.05, 3.63) is 29.6 Å². The van der Waals surface area contributed by atoms with E-state index in [1.807, 2.05) is 0 Å². The third-order valence-electron chi connectivity index (χ3n) is 3.65. The summed E-state index contributed by atoms with van der Waals surface area (Å²) in [4.78, 5) is 11.4. The summed E-state index contributed by atoms with van der Waals surface area (Å²) < 4.78 is 74.0. The minimum atomic E-state index is -4.96. The van der Waals surface area contributed by atoms with Gasteiger partial charge in [0.25, 0.3) is 9.05 Å². The van der Waals surface area contributed by atoms with Crippen LogP contribution in [0.5, 0.6) is 0 Å². The molecular formula is C13H12ClF4NO3S. The Kier molecular flexibility index (Phi) is 4.91. The van der Waals surface area contributed by atoms with Crippen LogP contribution in [0.3, 0.4) is 0 Å². The molecule has 1 aliphatic heterocycles. The summed E-state index contributed by atoms with van der Waals surface area (Å²) in [5.41, 5.74) is -0.172. The maximum Gasteiger partial charge on any atom is 0.471 e. The van der Waals surface area contributed by atoms with Gasteiger partial charge in [-0.1, -0.05) is 6.07 Å². The molecule has 0 unspecified atom stereocenters. The van der Waals surface area contributed by atoms with Crippen LogP contribution < -0.4 is 0 Å². The predicted molar refractivity (Wildman–Crippen MR) is 73.9 cm³/mol. The van der Waals surface area contributed by atoms with E-state index in [-0.39, 0.29) is 31.5 Å². The maximum atomic E-state index is 13.9. The van der Waals surface area contributed by atoms with Crippen LogP contribution in [0.2, 0.25) is 0 Å². The molecule has 1 aromatic rings. The van der Waals surface area contributed by atoms with E-state index in [9.17, 15) is 30.8 Å². The lowest BCUT2D eigenvalue weighted by atomic mass is 9.98. The molecule has 0 saturated carbocycles. The topological polar surface area (TPSA) is 54.5 Å². The van der Waals surface area contributed by atoms with Gasteiger partial charge in [0.2, 0.25) is 0 Å². The van der Waals surface area contributed by atoms with Crippen molar-refractivity contribution in [2.24, 2.45) is 5.92 Å². The molecule has 1 fully saturated rings. The fourth-order valence-electron chi connectivity index (χ4n) is 2.62. The second kappa shape index (κ2) is 6.27. The molecule has 0 radical (unpaired) electrons. The molecule has 1 saturated heterocycles. The zero-order chi connectivity index (χ0) is 17.4. The van der Waals surface area contributed by atoms with E-state index in [0.29, 0.717) is 4.90 Å². The van der Waals surface area contributed by atoms with Gasteiger partial charge in [-0.25, -0.2) is 12.8 Å². The van der Waals surface area contributed by atoms with Crippen molar-refractivity contribution in [1.29, 1.82) is 0 Å². The molecule has 1 atom stereocenters. The highest BCUT2D eigenvalue weighted by atomic mass is 35.7. The van der Waals surface area contributed by atoms with Crippen molar-refractivity contribution < 1.29 is 30.8 Å². The van der Waals surface area contributed by atoms with Crippen LogP contribution in [0.15, 0.2) is 23.1 Å². The first-order valence-electron chi connectivity index (χ1n) is 6.58. The molecule has 10 heteroatoms. The molecule has 128 valence electrons. The van der Waals surface area contributed by atoms with Crippen LogP contribution in [-0.4, -0.2) is 38.5 Å². The average molecular weight is 374 g/mol. The Morgan fingerprint density at radius 1 is 1.35 bits per heavy atom. The van der Waals surface area contributed by atoms with E-state index in [0.717, 1.165) is 12.1 Å². The number of carbonyl (C=O) groups is 1. The highest BCUT2D eigenvalue weighted by Gasteiger charge is 2.44. The molecule has 1 amide bonds. The van der Waals surface area contributed by atoms with Gasteiger partial charge >= 0.3 is 12.1 Å². The number of halogens is 5. The van der Waals surface area contributed by atoms with Gasteiger partial charge in [-0.3, -0.25) is 4.79 Å². The number of benzene rings is 1. The van der Waals surface area contributed by atoms with Crippen LogP contribution in [0.1, 0.15) is 12.0 Å². The number of nitrogens with zero attached hydrogens (tertiary/aromatic N) is 1. The summed E-state index contributed by atoms with van der Waals surface area (Å²) in [5.74, 6) is -3.22. The van der Waals surface area contributed by atoms with Crippen LogP contribution in [-0.2, 0) is 20.3 Å². The van der Waals surface area contributed by atoms with Crippen molar-refractivity contribution >= 4 is 25.6 Å². The van der Waals surface area contributed by atoms with Gasteiger partial charge in [0.1, 0.15) is 5.82 Å². The molecular weight excluding hydrogens is 362 g/mol. The number of rotatable bonds is 3. The van der Waals surface area contributed by atoms with Gasteiger partial charge in [-0.2, -0.15) is 13.2 Å². The molecule has 0 N–H and O–H groups in total. The van der Waals surface area contributed by atoms with Crippen LogP contribution >= 0.6 is 10.7 Å². The van der Waals surface area contributed by atoms with Crippen molar-refractivity contribution in [3.8, 4) is 0 Å². The number of likely N-dealkylation sites (tertiary alicyclic amines) is 1. The summed E-state index contributed by atoms with van der Waals surface area (Å²) in [6, 6.07) is 3.37. The quantitative estimate of drug-likeness (QED) is 0.604. The summed E-state index contributed by atoms with van der Waals surface area (Å²) >= 11 is 0. The molecule has 1 aromatic carbocycles. The minimum Gasteiger partial charge on any atom is -0.335 e. The smallest absolute Gasteiger partial charge is 0.335 e. The van der Waals surface area contributed by atoms with E-state index < -0.39 is 37.8 Å². The number of carbonyl (C=O) groups excluding carboxylic acids is 1. The number of hydrogen-bond donors (Lipinski definition) is 0. The largest absolute Gasteiger partial charge is 0.471 e.